The number of methoxy groups -OCH3 is 2. The molecule has 0 fully saturated rings. The molecule has 0 saturated carbocycles. The van der Waals surface area contributed by atoms with Gasteiger partial charge in [-0.2, -0.15) is 0 Å². The smallest absolute Gasteiger partial charge is 0.337 e. The lowest BCUT2D eigenvalue weighted by molar-refractivity contribution is 0.0591. The normalized spacial score (nSPS) is 10.2. The van der Waals surface area contributed by atoms with Gasteiger partial charge in [-0.05, 0) is 65.2 Å². The van der Waals surface area contributed by atoms with Gasteiger partial charge in [0, 0.05) is 17.7 Å². The molecule has 0 unspecified atom stereocenters. The zero-order valence-electron chi connectivity index (χ0n) is 18.2. The van der Waals surface area contributed by atoms with Crippen molar-refractivity contribution in [3.63, 3.8) is 0 Å². The number of nitrogens with two attached hydrogens (primary N) is 1. The summed E-state index contributed by atoms with van der Waals surface area (Å²) in [7, 11) is 2.58. The first kappa shape index (κ1) is 23.2. The average Bonchev–Trinajstić information content (AvgIpc) is 2.86. The summed E-state index contributed by atoms with van der Waals surface area (Å²) in [4.78, 5) is 36.3. The summed E-state index contributed by atoms with van der Waals surface area (Å²) >= 11 is 0. The van der Waals surface area contributed by atoms with Crippen molar-refractivity contribution in [2.45, 2.75) is 6.54 Å². The van der Waals surface area contributed by atoms with E-state index in [0.29, 0.717) is 33.4 Å². The number of rotatable bonds is 7. The van der Waals surface area contributed by atoms with Crippen LogP contribution in [-0.4, -0.2) is 37.9 Å². The monoisotopic (exact) mass is 445 g/mol. The lowest BCUT2D eigenvalue weighted by Gasteiger charge is -2.11. The topological polar surface area (TPSA) is 132 Å². The second-order valence-electron chi connectivity index (χ2n) is 7.16. The van der Waals surface area contributed by atoms with E-state index in [1.165, 1.54) is 38.5 Å². The number of nitrogens with one attached hydrogen (secondary N) is 2. The molecule has 0 spiro atoms. The Balaban J connectivity index is 1.85. The fourth-order valence-corrected chi connectivity index (χ4v) is 3.22. The van der Waals surface area contributed by atoms with Crippen LogP contribution in [-0.2, 0) is 16.0 Å². The van der Waals surface area contributed by atoms with Gasteiger partial charge in [0.05, 0.1) is 25.3 Å². The van der Waals surface area contributed by atoms with Gasteiger partial charge in [-0.25, -0.2) is 9.59 Å². The predicted octanol–water partition coefficient (Wildman–Crippen LogP) is 3.14. The Hall–Kier alpha value is -4.46. The lowest BCUT2D eigenvalue weighted by atomic mass is 9.98. The molecule has 8 heteroatoms. The SMILES string of the molecule is COC(=O)c1ccc(C(=O)NCc2cc(C(=O)OC)cc(-c3cccc(C(=N)N)c3)c2)cc1. The molecule has 3 aromatic carbocycles. The molecule has 3 rings (SSSR count). The number of nitrogen functional groups attached to an aromatic ring is 1. The molecule has 168 valence electrons. The van der Waals surface area contributed by atoms with Crippen LogP contribution in [0.1, 0.15) is 42.2 Å². The molecule has 0 heterocycles. The number of amidine groups is 1. The zero-order chi connectivity index (χ0) is 24.0. The van der Waals surface area contributed by atoms with Crippen LogP contribution in [0.4, 0.5) is 0 Å². The first-order chi connectivity index (χ1) is 15.8. The highest BCUT2D eigenvalue weighted by molar-refractivity contribution is 5.97. The molecular formula is C25H23N3O5. The number of carbonyl (C=O) groups excluding carboxylic acids is 3. The summed E-state index contributed by atoms with van der Waals surface area (Å²) < 4.78 is 9.51. The van der Waals surface area contributed by atoms with Crippen molar-refractivity contribution in [3.8, 4) is 11.1 Å². The molecule has 0 aliphatic rings. The van der Waals surface area contributed by atoms with E-state index in [0.717, 1.165) is 5.56 Å². The average molecular weight is 445 g/mol. The van der Waals surface area contributed by atoms with Gasteiger partial charge in [-0.15, -0.1) is 0 Å². The number of hydrogen-bond donors (Lipinski definition) is 3. The highest BCUT2D eigenvalue weighted by Crippen LogP contribution is 2.24. The molecule has 0 saturated heterocycles. The Bertz CT molecular complexity index is 1220. The third kappa shape index (κ3) is 5.62. The Morgan fingerprint density at radius 2 is 1.39 bits per heavy atom. The molecule has 0 bridgehead atoms. The molecule has 0 radical (unpaired) electrons. The quantitative estimate of drug-likeness (QED) is 0.291. The molecule has 0 aliphatic heterocycles. The Labute approximate surface area is 190 Å². The fourth-order valence-electron chi connectivity index (χ4n) is 3.22. The van der Waals surface area contributed by atoms with E-state index in [9.17, 15) is 14.4 Å². The van der Waals surface area contributed by atoms with Gasteiger partial charge in [0.25, 0.3) is 5.91 Å². The maximum atomic E-state index is 12.6. The Morgan fingerprint density at radius 3 is 2.03 bits per heavy atom. The van der Waals surface area contributed by atoms with Crippen molar-refractivity contribution in [3.05, 3.63) is 94.5 Å². The summed E-state index contributed by atoms with van der Waals surface area (Å²) in [5.74, 6) is -1.39. The van der Waals surface area contributed by atoms with Gasteiger partial charge < -0.3 is 20.5 Å². The van der Waals surface area contributed by atoms with Crippen LogP contribution < -0.4 is 11.1 Å². The van der Waals surface area contributed by atoms with E-state index >= 15 is 0 Å². The standard InChI is InChI=1S/C25H23N3O5/c1-32-24(30)17-8-6-16(7-9-17)23(29)28-14-15-10-20(13-21(11-15)25(31)33-2)18-4-3-5-19(12-18)22(26)27/h3-13H,14H2,1-2H3,(H3,26,27)(H,28,29). The third-order valence-corrected chi connectivity index (χ3v) is 4.94. The summed E-state index contributed by atoms with van der Waals surface area (Å²) in [6.07, 6.45) is 0. The van der Waals surface area contributed by atoms with Gasteiger partial charge in [0.1, 0.15) is 5.84 Å². The van der Waals surface area contributed by atoms with Crippen molar-refractivity contribution in [1.29, 1.82) is 5.41 Å². The minimum absolute atomic E-state index is 0.0633. The molecule has 4 N–H and O–H groups in total. The van der Waals surface area contributed by atoms with Crippen molar-refractivity contribution in [2.75, 3.05) is 14.2 Å². The summed E-state index contributed by atoms with van der Waals surface area (Å²) in [6, 6.07) is 18.4. The highest BCUT2D eigenvalue weighted by atomic mass is 16.5. The largest absolute Gasteiger partial charge is 0.465 e. The number of carbonyl (C=O) groups is 3. The van der Waals surface area contributed by atoms with E-state index in [1.807, 2.05) is 12.1 Å². The molecule has 8 nitrogen and oxygen atoms in total. The number of amides is 1. The summed E-state index contributed by atoms with van der Waals surface area (Å²) in [5.41, 5.74) is 9.36. The molecular weight excluding hydrogens is 422 g/mol. The maximum absolute atomic E-state index is 12.6. The summed E-state index contributed by atoms with van der Waals surface area (Å²) in [6.45, 7) is 0.155. The van der Waals surface area contributed by atoms with Crippen LogP contribution >= 0.6 is 0 Å². The van der Waals surface area contributed by atoms with Crippen LogP contribution in [0.5, 0.6) is 0 Å². The fraction of sp³-hybridized carbons (Fsp3) is 0.120. The number of benzene rings is 3. The van der Waals surface area contributed by atoms with Crippen LogP contribution in [0.3, 0.4) is 0 Å². The number of esters is 2. The van der Waals surface area contributed by atoms with Gasteiger partial charge >= 0.3 is 11.9 Å². The Morgan fingerprint density at radius 1 is 0.788 bits per heavy atom. The first-order valence-corrected chi connectivity index (χ1v) is 9.96. The third-order valence-electron chi connectivity index (χ3n) is 4.94. The molecule has 0 aliphatic carbocycles. The van der Waals surface area contributed by atoms with E-state index in [2.05, 4.69) is 10.1 Å². The van der Waals surface area contributed by atoms with Gasteiger partial charge in [-0.1, -0.05) is 18.2 Å². The first-order valence-electron chi connectivity index (χ1n) is 9.96. The van der Waals surface area contributed by atoms with Crippen LogP contribution in [0.2, 0.25) is 0 Å². The Kier molecular flexibility index (Phi) is 7.20. The molecule has 1 amide bonds. The maximum Gasteiger partial charge on any atom is 0.337 e. The zero-order valence-corrected chi connectivity index (χ0v) is 18.2. The van der Waals surface area contributed by atoms with E-state index < -0.39 is 11.9 Å². The van der Waals surface area contributed by atoms with Gasteiger partial charge in [0.2, 0.25) is 0 Å². The van der Waals surface area contributed by atoms with Crippen molar-refractivity contribution in [1.82, 2.24) is 5.32 Å². The van der Waals surface area contributed by atoms with Crippen molar-refractivity contribution >= 4 is 23.7 Å². The van der Waals surface area contributed by atoms with Crippen molar-refractivity contribution in [2.24, 2.45) is 5.73 Å². The second-order valence-corrected chi connectivity index (χ2v) is 7.16. The van der Waals surface area contributed by atoms with E-state index in [1.54, 1.807) is 30.3 Å². The second kappa shape index (κ2) is 10.2. The van der Waals surface area contributed by atoms with Gasteiger partial charge in [0.15, 0.2) is 0 Å². The lowest BCUT2D eigenvalue weighted by Crippen LogP contribution is -2.23. The van der Waals surface area contributed by atoms with Crippen LogP contribution in [0.15, 0.2) is 66.7 Å². The van der Waals surface area contributed by atoms with Gasteiger partial charge in [-0.3, -0.25) is 10.2 Å². The van der Waals surface area contributed by atoms with E-state index in [4.69, 9.17) is 15.9 Å². The molecule has 0 aromatic heterocycles. The molecule has 33 heavy (non-hydrogen) atoms. The summed E-state index contributed by atoms with van der Waals surface area (Å²) in [5, 5.41) is 10.5. The molecule has 3 aromatic rings. The van der Waals surface area contributed by atoms with E-state index in [-0.39, 0.29) is 18.3 Å². The molecule has 0 atom stereocenters. The van der Waals surface area contributed by atoms with Crippen LogP contribution in [0.25, 0.3) is 11.1 Å². The predicted molar refractivity (Wildman–Crippen MR) is 123 cm³/mol. The minimum Gasteiger partial charge on any atom is -0.465 e. The number of ether oxygens (including phenoxy) is 2. The highest BCUT2D eigenvalue weighted by Gasteiger charge is 2.13. The number of hydrogen-bond acceptors (Lipinski definition) is 6. The minimum atomic E-state index is -0.509. The van der Waals surface area contributed by atoms with Crippen LogP contribution in [0, 0.1) is 5.41 Å². The van der Waals surface area contributed by atoms with Crippen molar-refractivity contribution < 1.29 is 23.9 Å².